The average molecular weight is 454 g/mol. The van der Waals surface area contributed by atoms with Crippen molar-refractivity contribution in [3.8, 4) is 0 Å². The SMILES string of the molecule is O=S(=O)(Nc1ccc(Nc2cc(Nc3ccccn3)ncn2)cc1)c1ccc(F)c(F)c1. The molecule has 2 heterocycles. The Kier molecular flexibility index (Phi) is 5.90. The largest absolute Gasteiger partial charge is 0.340 e. The smallest absolute Gasteiger partial charge is 0.261 e. The maximum Gasteiger partial charge on any atom is 0.261 e. The number of benzene rings is 2. The third-order valence-corrected chi connectivity index (χ3v) is 5.58. The molecule has 4 rings (SSSR count). The van der Waals surface area contributed by atoms with Crippen molar-refractivity contribution in [3.63, 3.8) is 0 Å². The second-order valence-corrected chi connectivity index (χ2v) is 8.19. The molecule has 0 aliphatic carbocycles. The summed E-state index contributed by atoms with van der Waals surface area (Å²) in [5.41, 5.74) is 0.892. The number of pyridine rings is 1. The van der Waals surface area contributed by atoms with Crippen LogP contribution in [0.4, 0.5) is 37.6 Å². The predicted molar refractivity (Wildman–Crippen MR) is 116 cm³/mol. The van der Waals surface area contributed by atoms with E-state index in [2.05, 4.69) is 30.3 Å². The van der Waals surface area contributed by atoms with Gasteiger partial charge in [0.1, 0.15) is 23.8 Å². The molecule has 0 amide bonds. The van der Waals surface area contributed by atoms with Crippen molar-refractivity contribution in [1.82, 2.24) is 15.0 Å². The number of nitrogens with zero attached hydrogens (tertiary/aromatic N) is 3. The Morgan fingerprint density at radius 1 is 0.688 bits per heavy atom. The van der Waals surface area contributed by atoms with Crippen LogP contribution in [0, 0.1) is 11.6 Å². The van der Waals surface area contributed by atoms with E-state index in [9.17, 15) is 17.2 Å². The summed E-state index contributed by atoms with van der Waals surface area (Å²) in [6.07, 6.45) is 3.04. The normalized spacial score (nSPS) is 11.1. The fourth-order valence-electron chi connectivity index (χ4n) is 2.69. The summed E-state index contributed by atoms with van der Waals surface area (Å²) < 4.78 is 53.5. The van der Waals surface area contributed by atoms with Gasteiger partial charge in [-0.1, -0.05) is 6.07 Å². The highest BCUT2D eigenvalue weighted by molar-refractivity contribution is 7.92. The van der Waals surface area contributed by atoms with Crippen LogP contribution in [-0.2, 0) is 10.0 Å². The molecule has 0 aliphatic rings. The Hall–Kier alpha value is -4.12. The summed E-state index contributed by atoms with van der Waals surface area (Å²) in [6, 6.07) is 15.8. The predicted octanol–water partition coefficient (Wildman–Crippen LogP) is 4.44. The maximum atomic E-state index is 13.4. The van der Waals surface area contributed by atoms with Gasteiger partial charge in [0.2, 0.25) is 0 Å². The molecule has 2 aromatic heterocycles. The van der Waals surface area contributed by atoms with Crippen LogP contribution in [0.2, 0.25) is 0 Å². The van der Waals surface area contributed by atoms with E-state index in [1.54, 1.807) is 36.5 Å². The van der Waals surface area contributed by atoms with E-state index < -0.39 is 21.7 Å². The fourth-order valence-corrected chi connectivity index (χ4v) is 3.76. The monoisotopic (exact) mass is 454 g/mol. The first-order valence-corrected chi connectivity index (χ1v) is 10.7. The standard InChI is InChI=1S/C21H16F2N6O2S/c22-17-9-8-16(11-18(17)23)32(30,31)29-15-6-4-14(5-7-15)27-20-12-21(26-13-25-20)28-19-3-1-2-10-24-19/h1-13,29H,(H2,24,25,26,27,28). The molecule has 0 fully saturated rings. The quantitative estimate of drug-likeness (QED) is 0.379. The second-order valence-electron chi connectivity index (χ2n) is 6.51. The average Bonchev–Trinajstić information content (AvgIpc) is 2.78. The van der Waals surface area contributed by atoms with E-state index in [0.29, 0.717) is 29.2 Å². The van der Waals surface area contributed by atoms with E-state index in [0.717, 1.165) is 12.1 Å². The van der Waals surface area contributed by atoms with Gasteiger partial charge < -0.3 is 10.6 Å². The highest BCUT2D eigenvalue weighted by atomic mass is 32.2. The maximum absolute atomic E-state index is 13.4. The molecule has 162 valence electrons. The molecule has 0 saturated heterocycles. The molecule has 3 N–H and O–H groups in total. The minimum absolute atomic E-state index is 0.250. The molecule has 0 saturated carbocycles. The molecule has 8 nitrogen and oxygen atoms in total. The van der Waals surface area contributed by atoms with Gasteiger partial charge in [-0.2, -0.15) is 0 Å². The zero-order valence-corrected chi connectivity index (χ0v) is 17.1. The van der Waals surface area contributed by atoms with E-state index in [1.807, 2.05) is 6.07 Å². The van der Waals surface area contributed by atoms with E-state index >= 15 is 0 Å². The lowest BCUT2D eigenvalue weighted by molar-refractivity contribution is 0.504. The number of hydrogen-bond donors (Lipinski definition) is 3. The fraction of sp³-hybridized carbons (Fsp3) is 0. The lowest BCUT2D eigenvalue weighted by atomic mass is 10.3. The summed E-state index contributed by atoms with van der Waals surface area (Å²) in [6.45, 7) is 0. The topological polar surface area (TPSA) is 109 Å². The van der Waals surface area contributed by atoms with Gasteiger partial charge >= 0.3 is 0 Å². The van der Waals surface area contributed by atoms with Crippen LogP contribution in [0.25, 0.3) is 0 Å². The Bertz CT molecular complexity index is 1340. The second kappa shape index (κ2) is 8.94. The molecular formula is C21H16F2N6O2S. The van der Waals surface area contributed by atoms with Gasteiger partial charge in [-0.15, -0.1) is 0 Å². The van der Waals surface area contributed by atoms with E-state index in [4.69, 9.17) is 0 Å². The van der Waals surface area contributed by atoms with Gasteiger partial charge in [0, 0.05) is 23.6 Å². The number of hydrogen-bond acceptors (Lipinski definition) is 7. The van der Waals surface area contributed by atoms with Gasteiger partial charge in [0.05, 0.1) is 4.90 Å². The Balaban J connectivity index is 1.44. The first-order valence-electron chi connectivity index (χ1n) is 9.24. The van der Waals surface area contributed by atoms with Crippen molar-refractivity contribution in [2.24, 2.45) is 0 Å². The van der Waals surface area contributed by atoms with Crippen molar-refractivity contribution in [1.29, 1.82) is 0 Å². The lowest BCUT2D eigenvalue weighted by Gasteiger charge is -2.11. The van der Waals surface area contributed by atoms with Crippen molar-refractivity contribution in [2.75, 3.05) is 15.4 Å². The lowest BCUT2D eigenvalue weighted by Crippen LogP contribution is -2.13. The molecule has 0 spiro atoms. The van der Waals surface area contributed by atoms with Gasteiger partial charge in [0.25, 0.3) is 10.0 Å². The molecule has 32 heavy (non-hydrogen) atoms. The zero-order valence-electron chi connectivity index (χ0n) is 16.3. The molecule has 0 radical (unpaired) electrons. The van der Waals surface area contributed by atoms with Crippen LogP contribution in [-0.4, -0.2) is 23.4 Å². The third-order valence-electron chi connectivity index (χ3n) is 4.20. The number of halogens is 2. The van der Waals surface area contributed by atoms with Gasteiger partial charge in [-0.3, -0.25) is 4.72 Å². The van der Waals surface area contributed by atoms with Gasteiger partial charge in [-0.05, 0) is 54.6 Å². The van der Waals surface area contributed by atoms with Gasteiger partial charge in [0.15, 0.2) is 11.6 Å². The molecular weight excluding hydrogens is 438 g/mol. The van der Waals surface area contributed by atoms with Crippen molar-refractivity contribution in [3.05, 3.63) is 90.9 Å². The number of sulfonamides is 1. The molecule has 2 aromatic carbocycles. The summed E-state index contributed by atoms with van der Waals surface area (Å²) >= 11 is 0. The van der Waals surface area contributed by atoms with E-state index in [-0.39, 0.29) is 10.6 Å². The van der Waals surface area contributed by atoms with E-state index in [1.165, 1.54) is 18.5 Å². The summed E-state index contributed by atoms with van der Waals surface area (Å²) in [4.78, 5) is 12.1. The molecule has 4 aromatic rings. The van der Waals surface area contributed by atoms with Crippen molar-refractivity contribution < 1.29 is 17.2 Å². The first-order chi connectivity index (χ1) is 15.4. The first kappa shape index (κ1) is 21.1. The van der Waals surface area contributed by atoms with Crippen molar-refractivity contribution >= 4 is 38.9 Å². The van der Waals surface area contributed by atoms with Gasteiger partial charge in [-0.25, -0.2) is 32.2 Å². The number of rotatable bonds is 7. The van der Waals surface area contributed by atoms with Crippen LogP contribution in [0.1, 0.15) is 0 Å². The number of nitrogens with one attached hydrogen (secondary N) is 3. The molecule has 0 unspecified atom stereocenters. The number of anilines is 5. The van der Waals surface area contributed by atoms with Crippen LogP contribution in [0.15, 0.2) is 84.1 Å². The minimum atomic E-state index is -4.07. The Labute approximate surface area is 182 Å². The highest BCUT2D eigenvalue weighted by Crippen LogP contribution is 2.22. The molecule has 0 bridgehead atoms. The van der Waals surface area contributed by atoms with Crippen LogP contribution < -0.4 is 15.4 Å². The minimum Gasteiger partial charge on any atom is -0.340 e. The molecule has 11 heteroatoms. The van der Waals surface area contributed by atoms with Crippen LogP contribution in [0.5, 0.6) is 0 Å². The van der Waals surface area contributed by atoms with Crippen LogP contribution in [0.3, 0.4) is 0 Å². The molecule has 0 atom stereocenters. The zero-order chi connectivity index (χ0) is 22.6. The highest BCUT2D eigenvalue weighted by Gasteiger charge is 2.16. The number of aromatic nitrogens is 3. The molecule has 0 aliphatic heterocycles. The Morgan fingerprint density at radius 2 is 1.41 bits per heavy atom. The summed E-state index contributed by atoms with van der Waals surface area (Å²) in [7, 11) is -4.07. The summed E-state index contributed by atoms with van der Waals surface area (Å²) in [5, 5.41) is 6.14. The van der Waals surface area contributed by atoms with Crippen LogP contribution >= 0.6 is 0 Å². The summed E-state index contributed by atoms with van der Waals surface area (Å²) in [5.74, 6) is -0.683. The van der Waals surface area contributed by atoms with Crippen molar-refractivity contribution in [2.45, 2.75) is 4.90 Å². The Morgan fingerprint density at radius 3 is 2.09 bits per heavy atom. The third kappa shape index (κ3) is 5.13.